The lowest BCUT2D eigenvalue weighted by Crippen LogP contribution is -2.36. The Bertz CT molecular complexity index is 411. The smallest absolute Gasteiger partial charge is 0.186 e. The molecule has 1 aromatic heterocycles. The molecule has 100 valence electrons. The Morgan fingerprint density at radius 2 is 2.11 bits per heavy atom. The van der Waals surface area contributed by atoms with Gasteiger partial charge in [-0.3, -0.25) is 4.79 Å². The molecule has 18 heavy (non-hydrogen) atoms. The highest BCUT2D eigenvalue weighted by atomic mass is 32.1. The van der Waals surface area contributed by atoms with E-state index in [0.717, 1.165) is 48.0 Å². The number of ether oxygens (including phenoxy) is 1. The minimum Gasteiger partial charge on any atom is -0.381 e. The van der Waals surface area contributed by atoms with Crippen LogP contribution in [0.15, 0.2) is 0 Å². The third kappa shape index (κ3) is 2.72. The second kappa shape index (κ2) is 5.80. The molecule has 0 aromatic carbocycles. The van der Waals surface area contributed by atoms with Gasteiger partial charge in [0.2, 0.25) is 0 Å². The fourth-order valence-electron chi connectivity index (χ4n) is 2.21. The van der Waals surface area contributed by atoms with Gasteiger partial charge in [-0.1, -0.05) is 25.2 Å². The molecule has 5 heteroatoms. The summed E-state index contributed by atoms with van der Waals surface area (Å²) in [4.78, 5) is 18.7. The first-order valence-electron chi connectivity index (χ1n) is 6.40. The number of nitrogens with zero attached hydrogens (tertiary/aromatic N) is 2. The largest absolute Gasteiger partial charge is 0.381 e. The van der Waals surface area contributed by atoms with E-state index in [1.165, 1.54) is 11.3 Å². The number of thiazole rings is 1. The zero-order chi connectivity index (χ0) is 13.1. The Morgan fingerprint density at radius 3 is 2.61 bits per heavy atom. The van der Waals surface area contributed by atoms with Crippen LogP contribution in [-0.4, -0.2) is 37.6 Å². The van der Waals surface area contributed by atoms with E-state index in [-0.39, 0.29) is 0 Å². The Kier molecular flexibility index (Phi) is 4.35. The molecular weight excluding hydrogens is 248 g/mol. The van der Waals surface area contributed by atoms with Crippen molar-refractivity contribution in [1.82, 2.24) is 4.98 Å². The SMILES string of the molecule is CC(C)c1nc(N(C)C2CCOCC2)sc1C=O. The second-order valence-corrected chi connectivity index (χ2v) is 5.98. The van der Waals surface area contributed by atoms with Gasteiger partial charge < -0.3 is 9.64 Å². The predicted molar refractivity (Wildman–Crippen MR) is 73.8 cm³/mol. The predicted octanol–water partition coefficient (Wildman–Crippen LogP) is 2.69. The standard InChI is InChI=1S/C13H20N2O2S/c1-9(2)12-11(8-16)18-13(14-12)15(3)10-4-6-17-7-5-10/h8-10H,4-7H2,1-3H3. The Balaban J connectivity index is 2.19. The van der Waals surface area contributed by atoms with Crippen molar-refractivity contribution >= 4 is 22.8 Å². The van der Waals surface area contributed by atoms with Crippen LogP contribution in [0.5, 0.6) is 0 Å². The fourth-order valence-corrected chi connectivity index (χ4v) is 3.28. The molecule has 0 saturated carbocycles. The zero-order valence-electron chi connectivity index (χ0n) is 11.2. The molecule has 0 unspecified atom stereocenters. The summed E-state index contributed by atoms with van der Waals surface area (Å²) >= 11 is 1.50. The highest BCUT2D eigenvalue weighted by Crippen LogP contribution is 2.31. The maximum atomic E-state index is 11.1. The molecule has 0 bridgehead atoms. The lowest BCUT2D eigenvalue weighted by molar-refractivity contribution is 0.0855. The van der Waals surface area contributed by atoms with Crippen LogP contribution in [0.4, 0.5) is 5.13 Å². The molecule has 4 nitrogen and oxygen atoms in total. The van der Waals surface area contributed by atoms with Crippen LogP contribution in [0.25, 0.3) is 0 Å². The summed E-state index contributed by atoms with van der Waals surface area (Å²) in [6, 6.07) is 0.476. The number of rotatable bonds is 4. The van der Waals surface area contributed by atoms with Gasteiger partial charge in [-0.15, -0.1) is 0 Å². The second-order valence-electron chi connectivity index (χ2n) is 4.97. The molecular formula is C13H20N2O2S. The van der Waals surface area contributed by atoms with Gasteiger partial charge in [0, 0.05) is 26.3 Å². The first kappa shape index (κ1) is 13.5. The summed E-state index contributed by atoms with van der Waals surface area (Å²) in [6.07, 6.45) is 2.99. The Hall–Kier alpha value is -0.940. The third-order valence-corrected chi connectivity index (χ3v) is 4.45. The minimum absolute atomic E-state index is 0.290. The highest BCUT2D eigenvalue weighted by Gasteiger charge is 2.23. The van der Waals surface area contributed by atoms with Crippen LogP contribution in [0, 0.1) is 0 Å². The van der Waals surface area contributed by atoms with Crippen LogP contribution in [0.3, 0.4) is 0 Å². The van der Waals surface area contributed by atoms with Gasteiger partial charge in [0.1, 0.15) is 0 Å². The zero-order valence-corrected chi connectivity index (χ0v) is 12.0. The molecule has 1 aliphatic heterocycles. The van der Waals surface area contributed by atoms with Crippen molar-refractivity contribution in [3.05, 3.63) is 10.6 Å². The lowest BCUT2D eigenvalue weighted by atomic mass is 10.1. The molecule has 2 rings (SSSR count). The van der Waals surface area contributed by atoms with Gasteiger partial charge in [-0.2, -0.15) is 0 Å². The third-order valence-electron chi connectivity index (χ3n) is 3.36. The van der Waals surface area contributed by atoms with Crippen molar-refractivity contribution < 1.29 is 9.53 Å². The molecule has 0 atom stereocenters. The molecule has 0 amide bonds. The molecule has 0 aliphatic carbocycles. The first-order valence-corrected chi connectivity index (χ1v) is 7.21. The Labute approximate surface area is 112 Å². The summed E-state index contributed by atoms with van der Waals surface area (Å²) in [5.74, 6) is 0.290. The van der Waals surface area contributed by atoms with Crippen molar-refractivity contribution in [2.75, 3.05) is 25.2 Å². The van der Waals surface area contributed by atoms with Gasteiger partial charge in [0.15, 0.2) is 11.4 Å². The topological polar surface area (TPSA) is 42.4 Å². The van der Waals surface area contributed by atoms with E-state index in [4.69, 9.17) is 4.74 Å². The van der Waals surface area contributed by atoms with Crippen molar-refractivity contribution in [1.29, 1.82) is 0 Å². The molecule has 0 spiro atoms. The summed E-state index contributed by atoms with van der Waals surface area (Å²) in [7, 11) is 2.06. The summed E-state index contributed by atoms with van der Waals surface area (Å²) in [5.41, 5.74) is 0.920. The van der Waals surface area contributed by atoms with E-state index in [2.05, 4.69) is 30.8 Å². The van der Waals surface area contributed by atoms with E-state index in [1.54, 1.807) is 0 Å². The van der Waals surface area contributed by atoms with Gasteiger partial charge in [-0.25, -0.2) is 4.98 Å². The van der Waals surface area contributed by atoms with Gasteiger partial charge in [0.25, 0.3) is 0 Å². The average molecular weight is 268 g/mol. The van der Waals surface area contributed by atoms with Crippen molar-refractivity contribution in [2.24, 2.45) is 0 Å². The monoisotopic (exact) mass is 268 g/mol. The van der Waals surface area contributed by atoms with E-state index in [1.807, 2.05) is 0 Å². The molecule has 1 aliphatic rings. The normalized spacial score (nSPS) is 17.1. The summed E-state index contributed by atoms with van der Waals surface area (Å²) in [5, 5.41) is 0.952. The number of aromatic nitrogens is 1. The lowest BCUT2D eigenvalue weighted by Gasteiger charge is -2.30. The maximum Gasteiger partial charge on any atom is 0.186 e. The number of hydrogen-bond acceptors (Lipinski definition) is 5. The number of carbonyl (C=O) groups is 1. The summed E-state index contributed by atoms with van der Waals surface area (Å²) in [6.45, 7) is 5.77. The van der Waals surface area contributed by atoms with E-state index >= 15 is 0 Å². The van der Waals surface area contributed by atoms with Crippen molar-refractivity contribution in [2.45, 2.75) is 38.6 Å². The van der Waals surface area contributed by atoms with Crippen molar-refractivity contribution in [3.8, 4) is 0 Å². The minimum atomic E-state index is 0.290. The van der Waals surface area contributed by atoms with Crippen LogP contribution in [0.1, 0.15) is 48.0 Å². The molecule has 0 N–H and O–H groups in total. The van der Waals surface area contributed by atoms with Crippen LogP contribution >= 0.6 is 11.3 Å². The molecule has 1 saturated heterocycles. The number of anilines is 1. The molecule has 2 heterocycles. The van der Waals surface area contributed by atoms with Crippen LogP contribution in [-0.2, 0) is 4.74 Å². The molecule has 1 fully saturated rings. The Morgan fingerprint density at radius 1 is 1.44 bits per heavy atom. The number of aldehydes is 1. The molecule has 1 aromatic rings. The van der Waals surface area contributed by atoms with Crippen LogP contribution in [0.2, 0.25) is 0 Å². The average Bonchev–Trinajstić information content (AvgIpc) is 2.83. The highest BCUT2D eigenvalue weighted by molar-refractivity contribution is 7.17. The summed E-state index contributed by atoms with van der Waals surface area (Å²) < 4.78 is 5.37. The molecule has 0 radical (unpaired) electrons. The quantitative estimate of drug-likeness (QED) is 0.787. The first-order chi connectivity index (χ1) is 8.63. The van der Waals surface area contributed by atoms with E-state index in [0.29, 0.717) is 12.0 Å². The van der Waals surface area contributed by atoms with E-state index in [9.17, 15) is 4.79 Å². The number of carbonyl (C=O) groups excluding carboxylic acids is 1. The number of hydrogen-bond donors (Lipinski definition) is 0. The van der Waals surface area contributed by atoms with Gasteiger partial charge >= 0.3 is 0 Å². The maximum absolute atomic E-state index is 11.1. The fraction of sp³-hybridized carbons (Fsp3) is 0.692. The van der Waals surface area contributed by atoms with Gasteiger partial charge in [0.05, 0.1) is 10.6 Å². The van der Waals surface area contributed by atoms with E-state index < -0.39 is 0 Å². The van der Waals surface area contributed by atoms with Crippen molar-refractivity contribution in [3.63, 3.8) is 0 Å². The van der Waals surface area contributed by atoms with Crippen LogP contribution < -0.4 is 4.90 Å². The van der Waals surface area contributed by atoms with Gasteiger partial charge in [-0.05, 0) is 18.8 Å².